The predicted octanol–water partition coefficient (Wildman–Crippen LogP) is 4.07. The Balaban J connectivity index is 1.75. The van der Waals surface area contributed by atoms with Gasteiger partial charge in [0, 0.05) is 23.2 Å². The molecule has 1 aromatic carbocycles. The van der Waals surface area contributed by atoms with Crippen molar-refractivity contribution in [2.24, 2.45) is 0 Å². The molecule has 1 aliphatic heterocycles. The van der Waals surface area contributed by atoms with Crippen molar-refractivity contribution in [1.82, 2.24) is 14.8 Å². The Hall–Kier alpha value is -1.01. The van der Waals surface area contributed by atoms with E-state index in [1.165, 1.54) is 24.8 Å². The highest BCUT2D eigenvalue weighted by atomic mass is 79.9. The fourth-order valence-electron chi connectivity index (χ4n) is 2.50. The Morgan fingerprint density at radius 2 is 2.19 bits per heavy atom. The number of halogens is 1. The summed E-state index contributed by atoms with van der Waals surface area (Å²) in [6.45, 7) is 1.05. The number of methoxy groups -OCH3 is 1. The number of nitrogens with zero attached hydrogens (tertiary/aromatic N) is 3. The molecule has 0 atom stereocenters. The first-order valence-electron chi connectivity index (χ1n) is 7.15. The quantitative estimate of drug-likeness (QED) is 0.763. The summed E-state index contributed by atoms with van der Waals surface area (Å²) in [6, 6.07) is 6.05. The van der Waals surface area contributed by atoms with Crippen molar-refractivity contribution in [2.75, 3.05) is 7.11 Å². The van der Waals surface area contributed by atoms with E-state index in [4.69, 9.17) is 4.74 Å². The lowest BCUT2D eigenvalue weighted by molar-refractivity contribution is 0.414. The van der Waals surface area contributed by atoms with Crippen LogP contribution in [0.1, 0.15) is 30.7 Å². The standard InChI is InChI=1S/C15H18BrN3OS/c1-20-12-6-7-13(16)11(9-12)10-21-15-18-17-14-5-3-2-4-8-19(14)15/h6-7,9H,2-5,8,10H2,1H3. The summed E-state index contributed by atoms with van der Waals surface area (Å²) in [6.07, 6.45) is 4.79. The van der Waals surface area contributed by atoms with Crippen LogP contribution in [0.2, 0.25) is 0 Å². The van der Waals surface area contributed by atoms with Crippen molar-refractivity contribution in [2.45, 2.75) is 43.1 Å². The topological polar surface area (TPSA) is 39.9 Å². The summed E-state index contributed by atoms with van der Waals surface area (Å²) < 4.78 is 8.68. The molecule has 0 bridgehead atoms. The van der Waals surface area contributed by atoms with Gasteiger partial charge in [-0.1, -0.05) is 34.1 Å². The number of rotatable bonds is 4. The minimum absolute atomic E-state index is 0.857. The van der Waals surface area contributed by atoms with Gasteiger partial charge in [-0.05, 0) is 36.6 Å². The SMILES string of the molecule is COc1ccc(Br)c(CSc2nnc3n2CCCCC3)c1. The lowest BCUT2D eigenvalue weighted by Crippen LogP contribution is -2.02. The molecule has 3 rings (SSSR count). The van der Waals surface area contributed by atoms with Crippen LogP contribution in [0, 0.1) is 0 Å². The molecular formula is C15H18BrN3OS. The molecule has 1 aliphatic rings. The largest absolute Gasteiger partial charge is 0.497 e. The Bertz CT molecular complexity index is 629. The van der Waals surface area contributed by atoms with Crippen LogP contribution in [0.3, 0.4) is 0 Å². The highest BCUT2D eigenvalue weighted by Gasteiger charge is 2.15. The second-order valence-electron chi connectivity index (χ2n) is 5.11. The van der Waals surface area contributed by atoms with Crippen LogP contribution in [0.15, 0.2) is 27.8 Å². The summed E-state index contributed by atoms with van der Waals surface area (Å²) in [5.41, 5.74) is 1.21. The normalized spacial score (nSPS) is 14.6. The van der Waals surface area contributed by atoms with E-state index in [2.05, 4.69) is 36.8 Å². The van der Waals surface area contributed by atoms with E-state index in [1.54, 1.807) is 18.9 Å². The third-order valence-electron chi connectivity index (χ3n) is 3.69. The van der Waals surface area contributed by atoms with E-state index in [9.17, 15) is 0 Å². The smallest absolute Gasteiger partial charge is 0.191 e. The van der Waals surface area contributed by atoms with Crippen LogP contribution in [0.5, 0.6) is 5.75 Å². The summed E-state index contributed by atoms with van der Waals surface area (Å²) >= 11 is 5.34. The van der Waals surface area contributed by atoms with E-state index < -0.39 is 0 Å². The van der Waals surface area contributed by atoms with E-state index in [1.807, 2.05) is 12.1 Å². The van der Waals surface area contributed by atoms with Gasteiger partial charge in [0.2, 0.25) is 0 Å². The Morgan fingerprint density at radius 3 is 3.05 bits per heavy atom. The van der Waals surface area contributed by atoms with Gasteiger partial charge in [0.15, 0.2) is 5.16 Å². The van der Waals surface area contributed by atoms with Crippen LogP contribution in [-0.2, 0) is 18.7 Å². The number of thioether (sulfide) groups is 1. The number of hydrogen-bond donors (Lipinski definition) is 0. The summed E-state index contributed by atoms with van der Waals surface area (Å²) in [4.78, 5) is 0. The molecular weight excluding hydrogens is 350 g/mol. The summed E-state index contributed by atoms with van der Waals surface area (Å²) in [5, 5.41) is 9.73. The average molecular weight is 368 g/mol. The Labute approximate surface area is 137 Å². The zero-order valence-electron chi connectivity index (χ0n) is 12.0. The molecule has 0 N–H and O–H groups in total. The maximum Gasteiger partial charge on any atom is 0.191 e. The van der Waals surface area contributed by atoms with Crippen molar-refractivity contribution in [1.29, 1.82) is 0 Å². The minimum atomic E-state index is 0.857. The molecule has 6 heteroatoms. The van der Waals surface area contributed by atoms with Gasteiger partial charge >= 0.3 is 0 Å². The van der Waals surface area contributed by atoms with Crippen molar-refractivity contribution >= 4 is 27.7 Å². The van der Waals surface area contributed by atoms with Crippen LogP contribution in [-0.4, -0.2) is 21.9 Å². The second-order valence-corrected chi connectivity index (χ2v) is 6.90. The van der Waals surface area contributed by atoms with Gasteiger partial charge in [-0.3, -0.25) is 0 Å². The van der Waals surface area contributed by atoms with Crippen molar-refractivity contribution in [3.63, 3.8) is 0 Å². The predicted molar refractivity (Wildman–Crippen MR) is 87.8 cm³/mol. The zero-order valence-corrected chi connectivity index (χ0v) is 14.4. The molecule has 0 amide bonds. The van der Waals surface area contributed by atoms with Crippen LogP contribution in [0.4, 0.5) is 0 Å². The monoisotopic (exact) mass is 367 g/mol. The van der Waals surface area contributed by atoms with Gasteiger partial charge in [0.25, 0.3) is 0 Å². The maximum absolute atomic E-state index is 5.29. The maximum atomic E-state index is 5.29. The number of aromatic nitrogens is 3. The van der Waals surface area contributed by atoms with E-state index in [0.717, 1.165) is 39.9 Å². The molecule has 0 unspecified atom stereocenters. The second kappa shape index (κ2) is 6.83. The summed E-state index contributed by atoms with van der Waals surface area (Å²) in [7, 11) is 1.69. The van der Waals surface area contributed by atoms with E-state index >= 15 is 0 Å². The van der Waals surface area contributed by atoms with E-state index in [0.29, 0.717) is 0 Å². The highest BCUT2D eigenvalue weighted by Crippen LogP contribution is 2.30. The number of fused-ring (bicyclic) bond motifs is 1. The number of ether oxygens (including phenoxy) is 1. The van der Waals surface area contributed by atoms with Gasteiger partial charge in [-0.2, -0.15) is 0 Å². The highest BCUT2D eigenvalue weighted by molar-refractivity contribution is 9.10. The number of hydrogen-bond acceptors (Lipinski definition) is 4. The Morgan fingerprint density at radius 1 is 1.29 bits per heavy atom. The first-order valence-corrected chi connectivity index (χ1v) is 8.93. The third kappa shape index (κ3) is 3.43. The molecule has 4 nitrogen and oxygen atoms in total. The molecule has 0 fully saturated rings. The molecule has 2 heterocycles. The molecule has 2 aromatic rings. The van der Waals surface area contributed by atoms with Crippen LogP contribution in [0.25, 0.3) is 0 Å². The van der Waals surface area contributed by atoms with Gasteiger partial charge in [-0.25, -0.2) is 0 Å². The van der Waals surface area contributed by atoms with Crippen molar-refractivity contribution < 1.29 is 4.74 Å². The lowest BCUT2D eigenvalue weighted by Gasteiger charge is -2.08. The first-order chi connectivity index (χ1) is 10.3. The molecule has 0 saturated carbocycles. The zero-order chi connectivity index (χ0) is 14.7. The molecule has 0 radical (unpaired) electrons. The number of aryl methyl sites for hydroxylation is 1. The Kier molecular flexibility index (Phi) is 4.85. The average Bonchev–Trinajstić information content (AvgIpc) is 2.73. The van der Waals surface area contributed by atoms with Crippen molar-refractivity contribution in [3.05, 3.63) is 34.1 Å². The van der Waals surface area contributed by atoms with E-state index in [-0.39, 0.29) is 0 Å². The summed E-state index contributed by atoms with van der Waals surface area (Å²) in [5.74, 6) is 2.88. The molecule has 1 aromatic heterocycles. The van der Waals surface area contributed by atoms with Gasteiger partial charge < -0.3 is 9.30 Å². The molecule has 0 aliphatic carbocycles. The fourth-order valence-corrected chi connectivity index (χ4v) is 4.04. The van der Waals surface area contributed by atoms with Crippen molar-refractivity contribution in [3.8, 4) is 5.75 Å². The fraction of sp³-hybridized carbons (Fsp3) is 0.467. The van der Waals surface area contributed by atoms with Crippen LogP contribution >= 0.6 is 27.7 Å². The van der Waals surface area contributed by atoms with Crippen LogP contribution < -0.4 is 4.74 Å². The van der Waals surface area contributed by atoms with Gasteiger partial charge in [0.05, 0.1) is 7.11 Å². The molecule has 21 heavy (non-hydrogen) atoms. The first kappa shape index (κ1) is 14.9. The third-order valence-corrected chi connectivity index (χ3v) is 5.47. The molecule has 0 spiro atoms. The van der Waals surface area contributed by atoms with Gasteiger partial charge in [-0.15, -0.1) is 10.2 Å². The molecule has 0 saturated heterocycles. The molecule has 112 valence electrons. The lowest BCUT2D eigenvalue weighted by atomic mass is 10.2. The number of benzene rings is 1. The minimum Gasteiger partial charge on any atom is -0.497 e. The van der Waals surface area contributed by atoms with Gasteiger partial charge in [0.1, 0.15) is 11.6 Å².